The largest absolute Gasteiger partial charge is 0.492 e. The second-order valence-corrected chi connectivity index (χ2v) is 9.56. The van der Waals surface area contributed by atoms with Crippen LogP contribution in [0.3, 0.4) is 0 Å². The molecule has 192 valence electrons. The number of amides is 1. The zero-order chi connectivity index (χ0) is 25.5. The first-order valence-electron chi connectivity index (χ1n) is 12.2. The lowest BCUT2D eigenvalue weighted by Crippen LogP contribution is -2.51. The fourth-order valence-electron chi connectivity index (χ4n) is 4.36. The number of ether oxygens (including phenoxy) is 2. The van der Waals surface area contributed by atoms with E-state index < -0.39 is 5.60 Å². The van der Waals surface area contributed by atoms with E-state index in [4.69, 9.17) is 9.47 Å². The maximum absolute atomic E-state index is 12.2. The average Bonchev–Trinajstić information content (AvgIpc) is 3.30. The molecule has 9 nitrogen and oxygen atoms in total. The molecule has 3 aromatic rings. The van der Waals surface area contributed by atoms with Crippen molar-refractivity contribution in [2.45, 2.75) is 39.5 Å². The van der Waals surface area contributed by atoms with E-state index in [1.165, 1.54) is 11.9 Å². The van der Waals surface area contributed by atoms with Crippen LogP contribution in [0.4, 0.5) is 0 Å². The predicted octanol–water partition coefficient (Wildman–Crippen LogP) is 2.45. The lowest BCUT2D eigenvalue weighted by atomic mass is 10.0. The van der Waals surface area contributed by atoms with Gasteiger partial charge in [-0.15, -0.1) is 0 Å². The molecule has 0 spiro atoms. The molecule has 0 aliphatic carbocycles. The van der Waals surface area contributed by atoms with Gasteiger partial charge in [0.2, 0.25) is 5.91 Å². The van der Waals surface area contributed by atoms with Crippen LogP contribution in [-0.2, 0) is 17.9 Å². The molecule has 2 aromatic carbocycles. The summed E-state index contributed by atoms with van der Waals surface area (Å²) in [5.74, 6) is 1.44. The third-order valence-electron chi connectivity index (χ3n) is 6.48. The highest BCUT2D eigenvalue weighted by Gasteiger charge is 2.37. The van der Waals surface area contributed by atoms with Crippen LogP contribution < -0.4 is 9.47 Å². The van der Waals surface area contributed by atoms with Crippen molar-refractivity contribution in [2.75, 3.05) is 39.4 Å². The molecule has 9 heteroatoms. The topological polar surface area (TPSA) is 93.0 Å². The van der Waals surface area contributed by atoms with Crippen molar-refractivity contribution in [3.8, 4) is 11.5 Å². The molecule has 1 saturated heterocycles. The van der Waals surface area contributed by atoms with Gasteiger partial charge in [0.05, 0.1) is 13.1 Å². The number of aliphatic hydroxyl groups is 1. The van der Waals surface area contributed by atoms with Crippen molar-refractivity contribution in [3.63, 3.8) is 0 Å². The SMILES string of the molecule is CC(=O)N1CCN(Cc2cccc(OCCn3cncn3)c2)CC(O)(COc2ccc(C)c(C)c2)C1. The Morgan fingerprint density at radius 3 is 2.64 bits per heavy atom. The highest BCUT2D eigenvalue weighted by molar-refractivity contribution is 5.73. The first-order valence-corrected chi connectivity index (χ1v) is 12.2. The van der Waals surface area contributed by atoms with Crippen molar-refractivity contribution >= 4 is 5.91 Å². The van der Waals surface area contributed by atoms with Gasteiger partial charge in [0.25, 0.3) is 0 Å². The quantitative estimate of drug-likeness (QED) is 0.489. The molecule has 1 amide bonds. The average molecular weight is 494 g/mol. The second-order valence-electron chi connectivity index (χ2n) is 9.56. The summed E-state index contributed by atoms with van der Waals surface area (Å²) in [6, 6.07) is 13.9. The lowest BCUT2D eigenvalue weighted by molar-refractivity contribution is -0.132. The summed E-state index contributed by atoms with van der Waals surface area (Å²) in [7, 11) is 0. The van der Waals surface area contributed by atoms with E-state index in [1.807, 2.05) is 49.4 Å². The van der Waals surface area contributed by atoms with Gasteiger partial charge in [-0.25, -0.2) is 9.67 Å². The fourth-order valence-corrected chi connectivity index (χ4v) is 4.36. The van der Waals surface area contributed by atoms with Gasteiger partial charge in [0.15, 0.2) is 0 Å². The van der Waals surface area contributed by atoms with Gasteiger partial charge in [0, 0.05) is 33.1 Å². The van der Waals surface area contributed by atoms with Gasteiger partial charge >= 0.3 is 0 Å². The smallest absolute Gasteiger partial charge is 0.219 e. The third kappa shape index (κ3) is 7.05. The summed E-state index contributed by atoms with van der Waals surface area (Å²) in [5.41, 5.74) is 2.19. The summed E-state index contributed by atoms with van der Waals surface area (Å²) < 4.78 is 13.6. The predicted molar refractivity (Wildman–Crippen MR) is 136 cm³/mol. The number of benzene rings is 2. The Morgan fingerprint density at radius 2 is 1.89 bits per heavy atom. The van der Waals surface area contributed by atoms with Gasteiger partial charge < -0.3 is 19.5 Å². The van der Waals surface area contributed by atoms with Crippen LogP contribution in [-0.4, -0.2) is 80.6 Å². The van der Waals surface area contributed by atoms with Crippen molar-refractivity contribution in [1.82, 2.24) is 24.6 Å². The van der Waals surface area contributed by atoms with Crippen LogP contribution in [0.5, 0.6) is 11.5 Å². The molecule has 0 radical (unpaired) electrons. The van der Waals surface area contributed by atoms with E-state index in [0.29, 0.717) is 45.1 Å². The van der Waals surface area contributed by atoms with E-state index in [0.717, 1.165) is 16.9 Å². The van der Waals surface area contributed by atoms with Crippen molar-refractivity contribution in [1.29, 1.82) is 0 Å². The Kier molecular flexibility index (Phi) is 8.22. The van der Waals surface area contributed by atoms with Gasteiger partial charge in [-0.3, -0.25) is 9.69 Å². The molecule has 4 rings (SSSR count). The molecule has 1 aliphatic rings. The summed E-state index contributed by atoms with van der Waals surface area (Å²) in [6.07, 6.45) is 3.16. The number of aromatic nitrogens is 3. The molecule has 0 saturated carbocycles. The normalized spacial score (nSPS) is 18.6. The summed E-state index contributed by atoms with van der Waals surface area (Å²) in [4.78, 5) is 20.0. The van der Waals surface area contributed by atoms with Crippen molar-refractivity contribution in [2.24, 2.45) is 0 Å². The van der Waals surface area contributed by atoms with E-state index >= 15 is 0 Å². The minimum Gasteiger partial charge on any atom is -0.492 e. The van der Waals surface area contributed by atoms with E-state index in [-0.39, 0.29) is 19.1 Å². The Bertz CT molecular complexity index is 1150. The van der Waals surface area contributed by atoms with Gasteiger partial charge in [-0.05, 0) is 54.8 Å². The molecular formula is C27H35N5O4. The minimum atomic E-state index is -1.20. The second kappa shape index (κ2) is 11.5. The number of nitrogens with zero attached hydrogens (tertiary/aromatic N) is 5. The number of carbonyl (C=O) groups is 1. The Morgan fingerprint density at radius 1 is 1.06 bits per heavy atom. The maximum atomic E-state index is 12.2. The van der Waals surface area contributed by atoms with Gasteiger partial charge in [-0.2, -0.15) is 5.10 Å². The minimum absolute atomic E-state index is 0.0516. The highest BCUT2D eigenvalue weighted by atomic mass is 16.5. The molecule has 1 fully saturated rings. The van der Waals surface area contributed by atoms with Crippen LogP contribution >= 0.6 is 0 Å². The molecule has 1 N–H and O–H groups in total. The van der Waals surface area contributed by atoms with Crippen LogP contribution in [0.25, 0.3) is 0 Å². The fraction of sp³-hybridized carbons (Fsp3) is 0.444. The molecule has 1 aliphatic heterocycles. The Labute approximate surface area is 212 Å². The molecule has 2 heterocycles. The third-order valence-corrected chi connectivity index (χ3v) is 6.48. The van der Waals surface area contributed by atoms with Crippen LogP contribution in [0.15, 0.2) is 55.1 Å². The highest BCUT2D eigenvalue weighted by Crippen LogP contribution is 2.22. The summed E-state index contributed by atoms with van der Waals surface area (Å²) >= 11 is 0. The first kappa shape index (κ1) is 25.7. The lowest BCUT2D eigenvalue weighted by Gasteiger charge is -2.32. The molecule has 1 atom stereocenters. The zero-order valence-electron chi connectivity index (χ0n) is 21.3. The summed E-state index contributed by atoms with van der Waals surface area (Å²) in [6.45, 7) is 9.28. The monoisotopic (exact) mass is 493 g/mol. The number of β-amino-alcohol motifs (C(OH)–C–C–N with tert-alkyl or cyclic N) is 1. The molecular weight excluding hydrogens is 458 g/mol. The summed E-state index contributed by atoms with van der Waals surface area (Å²) in [5, 5.41) is 15.6. The van der Waals surface area contributed by atoms with Crippen molar-refractivity contribution < 1.29 is 19.4 Å². The molecule has 1 aromatic heterocycles. The van der Waals surface area contributed by atoms with Crippen molar-refractivity contribution in [3.05, 3.63) is 71.8 Å². The number of carbonyl (C=O) groups excluding carboxylic acids is 1. The maximum Gasteiger partial charge on any atom is 0.219 e. The molecule has 0 bridgehead atoms. The standard InChI is InChI=1S/C27H35N5O4/c1-21-7-8-26(13-22(21)2)36-18-27(34)16-30(9-10-31(17-27)23(3)33)15-24-5-4-6-25(14-24)35-12-11-32-20-28-19-29-32/h4-8,13-14,19-20,34H,9-12,15-18H2,1-3H3. The van der Waals surface area contributed by atoms with Crippen LogP contribution in [0.1, 0.15) is 23.6 Å². The van der Waals surface area contributed by atoms with E-state index in [1.54, 1.807) is 22.8 Å². The molecule has 36 heavy (non-hydrogen) atoms. The number of hydrogen-bond acceptors (Lipinski definition) is 7. The van der Waals surface area contributed by atoms with E-state index in [9.17, 15) is 9.90 Å². The van der Waals surface area contributed by atoms with Crippen LogP contribution in [0, 0.1) is 13.8 Å². The number of rotatable bonds is 9. The van der Waals surface area contributed by atoms with Gasteiger partial charge in [0.1, 0.15) is 43.0 Å². The molecule has 1 unspecified atom stereocenters. The number of aryl methyl sites for hydroxylation is 2. The van der Waals surface area contributed by atoms with Gasteiger partial charge in [-0.1, -0.05) is 18.2 Å². The number of hydrogen-bond donors (Lipinski definition) is 1. The Balaban J connectivity index is 1.40. The zero-order valence-corrected chi connectivity index (χ0v) is 21.3. The Hall–Kier alpha value is -3.43. The van der Waals surface area contributed by atoms with E-state index in [2.05, 4.69) is 21.9 Å². The first-order chi connectivity index (χ1) is 17.3. The van der Waals surface area contributed by atoms with Crippen LogP contribution in [0.2, 0.25) is 0 Å².